The van der Waals surface area contributed by atoms with Crippen LogP contribution >= 0.6 is 0 Å². The fourth-order valence-corrected chi connectivity index (χ4v) is 4.60. The fourth-order valence-electron chi connectivity index (χ4n) is 4.60. The van der Waals surface area contributed by atoms with Gasteiger partial charge in [-0.1, -0.05) is 67.6 Å². The summed E-state index contributed by atoms with van der Waals surface area (Å²) in [4.78, 5) is 37.7. The van der Waals surface area contributed by atoms with Crippen molar-refractivity contribution in [3.8, 4) is 11.1 Å². The van der Waals surface area contributed by atoms with Gasteiger partial charge in [-0.15, -0.1) is 0 Å². The van der Waals surface area contributed by atoms with Gasteiger partial charge in [0.2, 0.25) is 5.91 Å². The Morgan fingerprint density at radius 2 is 1.60 bits per heavy atom. The molecule has 2 amide bonds. The molecular weight excluding hydrogens is 444 g/mol. The summed E-state index contributed by atoms with van der Waals surface area (Å²) in [6.45, 7) is 1.93. The van der Waals surface area contributed by atoms with Crippen molar-refractivity contribution >= 4 is 23.7 Å². The number of aliphatic carboxylic acids is 1. The molecule has 0 radical (unpaired) electrons. The Kier molecular flexibility index (Phi) is 7.15. The van der Waals surface area contributed by atoms with Crippen LogP contribution in [-0.2, 0) is 20.7 Å². The maximum absolute atomic E-state index is 12.6. The number of carboxylic acid groups (broad SMARTS) is 1. The minimum atomic E-state index is -1.03. The fraction of sp³-hybridized carbons (Fsp3) is 0.250. The number of amides is 2. The van der Waals surface area contributed by atoms with E-state index in [0.717, 1.165) is 22.3 Å². The first kappa shape index (κ1) is 24.0. The first-order valence-corrected chi connectivity index (χ1v) is 11.6. The molecule has 1 aliphatic carbocycles. The number of hydrogen-bond acceptors (Lipinski definition) is 4. The normalized spacial score (nSPS) is 12.9. The molecule has 180 valence electrons. The first-order valence-electron chi connectivity index (χ1n) is 11.6. The van der Waals surface area contributed by atoms with Crippen molar-refractivity contribution in [3.05, 3.63) is 89.5 Å². The second kappa shape index (κ2) is 10.4. The third-order valence-corrected chi connectivity index (χ3v) is 6.41. The molecule has 0 saturated heterocycles. The molecule has 0 aliphatic heterocycles. The van der Waals surface area contributed by atoms with Crippen molar-refractivity contribution in [2.75, 3.05) is 19.0 Å². The van der Waals surface area contributed by atoms with Crippen molar-refractivity contribution < 1.29 is 24.2 Å². The number of rotatable bonds is 8. The van der Waals surface area contributed by atoms with Crippen molar-refractivity contribution in [2.45, 2.75) is 31.7 Å². The van der Waals surface area contributed by atoms with Gasteiger partial charge >= 0.3 is 12.1 Å². The van der Waals surface area contributed by atoms with Crippen LogP contribution in [0.15, 0.2) is 72.8 Å². The van der Waals surface area contributed by atoms with E-state index in [9.17, 15) is 19.5 Å². The number of ether oxygens (including phenoxy) is 1. The molecule has 3 aromatic carbocycles. The summed E-state index contributed by atoms with van der Waals surface area (Å²) < 4.78 is 5.58. The van der Waals surface area contributed by atoms with E-state index in [0.29, 0.717) is 17.7 Å². The van der Waals surface area contributed by atoms with E-state index in [-0.39, 0.29) is 24.9 Å². The lowest BCUT2D eigenvalue weighted by atomic mass is 9.98. The lowest BCUT2D eigenvalue weighted by Crippen LogP contribution is -2.42. The van der Waals surface area contributed by atoms with Crippen molar-refractivity contribution in [3.63, 3.8) is 0 Å². The van der Waals surface area contributed by atoms with Gasteiger partial charge in [0, 0.05) is 18.7 Å². The van der Waals surface area contributed by atoms with Gasteiger partial charge in [-0.2, -0.15) is 0 Å². The minimum Gasteiger partial charge on any atom is -0.480 e. The highest BCUT2D eigenvalue weighted by Gasteiger charge is 2.29. The number of carbonyl (C=O) groups excluding carboxylic acids is 2. The van der Waals surface area contributed by atoms with Gasteiger partial charge in [0.05, 0.1) is 6.42 Å². The van der Waals surface area contributed by atoms with E-state index >= 15 is 0 Å². The van der Waals surface area contributed by atoms with E-state index in [1.807, 2.05) is 24.3 Å². The molecule has 7 heteroatoms. The van der Waals surface area contributed by atoms with Gasteiger partial charge in [-0.05, 0) is 46.4 Å². The van der Waals surface area contributed by atoms with Crippen LogP contribution in [0.2, 0.25) is 0 Å². The van der Waals surface area contributed by atoms with Crippen molar-refractivity contribution in [1.82, 2.24) is 4.90 Å². The minimum absolute atomic E-state index is 0.0283. The summed E-state index contributed by atoms with van der Waals surface area (Å²) in [5.74, 6) is -1.38. The predicted molar refractivity (Wildman–Crippen MR) is 133 cm³/mol. The number of fused-ring (bicyclic) bond motifs is 3. The molecule has 0 spiro atoms. The number of anilines is 1. The van der Waals surface area contributed by atoms with E-state index in [1.54, 1.807) is 31.2 Å². The number of carboxylic acids is 1. The molecule has 1 atom stereocenters. The molecule has 0 bridgehead atoms. The summed E-state index contributed by atoms with van der Waals surface area (Å²) in [7, 11) is 1.49. The van der Waals surface area contributed by atoms with Gasteiger partial charge in [0.1, 0.15) is 12.6 Å². The molecular formula is C28H28N2O5. The summed E-state index contributed by atoms with van der Waals surface area (Å²) in [5, 5.41) is 12.0. The van der Waals surface area contributed by atoms with E-state index in [2.05, 4.69) is 29.6 Å². The molecule has 3 aromatic rings. The summed E-state index contributed by atoms with van der Waals surface area (Å²) in [5.41, 5.74) is 5.76. The molecule has 0 aromatic heterocycles. The molecule has 2 N–H and O–H groups in total. The average molecular weight is 473 g/mol. The van der Waals surface area contributed by atoms with Crippen LogP contribution in [0.5, 0.6) is 0 Å². The van der Waals surface area contributed by atoms with Gasteiger partial charge < -0.3 is 14.7 Å². The van der Waals surface area contributed by atoms with Crippen molar-refractivity contribution in [1.29, 1.82) is 0 Å². The highest BCUT2D eigenvalue weighted by Crippen LogP contribution is 2.44. The Labute approximate surface area is 204 Å². The summed E-state index contributed by atoms with van der Waals surface area (Å²) in [6, 6.07) is 22.3. The maximum atomic E-state index is 12.6. The van der Waals surface area contributed by atoms with Gasteiger partial charge in [-0.3, -0.25) is 10.1 Å². The monoisotopic (exact) mass is 472 g/mol. The number of likely N-dealkylation sites (N-methyl/N-ethyl adjacent to an activating group) is 1. The Bertz CT molecular complexity index is 1210. The van der Waals surface area contributed by atoms with Crippen LogP contribution in [0.3, 0.4) is 0 Å². The third-order valence-electron chi connectivity index (χ3n) is 6.41. The average Bonchev–Trinajstić information content (AvgIpc) is 3.17. The van der Waals surface area contributed by atoms with Crippen LogP contribution in [-0.4, -0.2) is 47.7 Å². The van der Waals surface area contributed by atoms with E-state index in [4.69, 9.17) is 4.74 Å². The standard InChI is InChI=1S/C28H28N2O5/c1-3-25(27(32)33)30(2)26(31)16-18-9-8-10-19(15-18)29-28(34)35-17-24-22-13-6-4-11-20(22)21-12-5-7-14-23(21)24/h4-15,24-25H,3,16-17H2,1-2H3,(H,29,34)(H,32,33). The van der Waals surface area contributed by atoms with Crippen molar-refractivity contribution in [2.24, 2.45) is 0 Å². The predicted octanol–water partition coefficient (Wildman–Crippen LogP) is 4.91. The Morgan fingerprint density at radius 1 is 0.971 bits per heavy atom. The van der Waals surface area contributed by atoms with Crippen LogP contribution in [0.1, 0.15) is 36.0 Å². The molecule has 7 nitrogen and oxygen atoms in total. The van der Waals surface area contributed by atoms with Crippen LogP contribution in [0, 0.1) is 0 Å². The zero-order chi connectivity index (χ0) is 24.9. The number of hydrogen-bond donors (Lipinski definition) is 2. The van der Waals surface area contributed by atoms with E-state index in [1.165, 1.54) is 11.9 Å². The SMILES string of the molecule is CCC(C(=O)O)N(C)C(=O)Cc1cccc(NC(=O)OCC2c3ccccc3-c3ccccc32)c1. The second-order valence-corrected chi connectivity index (χ2v) is 8.59. The van der Waals surface area contributed by atoms with Crippen LogP contribution in [0.4, 0.5) is 10.5 Å². The Morgan fingerprint density at radius 3 is 2.20 bits per heavy atom. The quantitative estimate of drug-likeness (QED) is 0.486. The first-order chi connectivity index (χ1) is 16.9. The smallest absolute Gasteiger partial charge is 0.411 e. The van der Waals surface area contributed by atoms with Gasteiger partial charge in [0.25, 0.3) is 0 Å². The highest BCUT2D eigenvalue weighted by molar-refractivity contribution is 5.87. The van der Waals surface area contributed by atoms with Gasteiger partial charge in [0.15, 0.2) is 0 Å². The molecule has 35 heavy (non-hydrogen) atoms. The largest absolute Gasteiger partial charge is 0.480 e. The number of nitrogens with one attached hydrogen (secondary N) is 1. The maximum Gasteiger partial charge on any atom is 0.411 e. The lowest BCUT2D eigenvalue weighted by Gasteiger charge is -2.23. The molecule has 4 rings (SSSR count). The summed E-state index contributed by atoms with van der Waals surface area (Å²) >= 11 is 0. The topological polar surface area (TPSA) is 95.9 Å². The lowest BCUT2D eigenvalue weighted by molar-refractivity contribution is -0.148. The van der Waals surface area contributed by atoms with Gasteiger partial charge in [-0.25, -0.2) is 9.59 Å². The Balaban J connectivity index is 1.38. The Hall–Kier alpha value is -4.13. The second-order valence-electron chi connectivity index (χ2n) is 8.59. The molecule has 0 heterocycles. The molecule has 0 fully saturated rings. The zero-order valence-corrected chi connectivity index (χ0v) is 19.7. The number of benzene rings is 3. The molecule has 0 saturated carbocycles. The van der Waals surface area contributed by atoms with E-state index < -0.39 is 18.1 Å². The number of nitrogens with zero attached hydrogens (tertiary/aromatic N) is 1. The highest BCUT2D eigenvalue weighted by atomic mass is 16.5. The summed E-state index contributed by atoms with van der Waals surface area (Å²) in [6.07, 6.45) is -0.231. The number of carbonyl (C=O) groups is 3. The third kappa shape index (κ3) is 5.19. The molecule has 1 unspecified atom stereocenters. The van der Waals surface area contributed by atoms with Crippen LogP contribution < -0.4 is 5.32 Å². The zero-order valence-electron chi connectivity index (χ0n) is 19.7. The molecule has 1 aliphatic rings. The van der Waals surface area contributed by atoms with Crippen LogP contribution in [0.25, 0.3) is 11.1 Å².